The summed E-state index contributed by atoms with van der Waals surface area (Å²) in [6.07, 6.45) is 1.32. The zero-order chi connectivity index (χ0) is 15.4. The number of carbonyl (C=O) groups excluding carboxylic acids is 1. The summed E-state index contributed by atoms with van der Waals surface area (Å²) in [5.74, 6) is -1.24. The number of nitrogens with zero attached hydrogens (tertiary/aromatic N) is 1. The molecule has 114 valence electrons. The maximum atomic E-state index is 12.0. The first-order chi connectivity index (χ1) is 9.95. The second kappa shape index (κ2) is 6.61. The summed E-state index contributed by atoms with van der Waals surface area (Å²) in [6.45, 7) is 5.52. The minimum Gasteiger partial charge on any atom is -0.481 e. The van der Waals surface area contributed by atoms with Crippen LogP contribution >= 0.6 is 0 Å². The fourth-order valence-electron chi connectivity index (χ4n) is 2.79. The normalized spacial score (nSPS) is 17.8. The molecule has 2 rings (SSSR count). The molecule has 1 aromatic carbocycles. The summed E-state index contributed by atoms with van der Waals surface area (Å²) >= 11 is 0. The van der Waals surface area contributed by atoms with Crippen molar-refractivity contribution in [3.63, 3.8) is 0 Å². The van der Waals surface area contributed by atoms with Gasteiger partial charge in [0.1, 0.15) is 0 Å². The molecule has 0 aromatic heterocycles. The van der Waals surface area contributed by atoms with Crippen molar-refractivity contribution in [2.45, 2.75) is 26.7 Å². The number of amides is 2. The first kappa shape index (κ1) is 15.4. The number of rotatable bonds is 4. The van der Waals surface area contributed by atoms with Gasteiger partial charge in [0, 0.05) is 19.6 Å². The molecule has 1 heterocycles. The summed E-state index contributed by atoms with van der Waals surface area (Å²) in [4.78, 5) is 24.4. The molecule has 2 amide bonds. The standard InChI is InChI=1S/C16H22N2O3/c1-11-7-12(2)9-13(8-11)3-5-17-16(21)18-6-4-14(10-18)15(19)20/h7-9,14H,3-6,10H2,1-2H3,(H,17,21)(H,19,20). The Labute approximate surface area is 125 Å². The lowest BCUT2D eigenvalue weighted by Gasteiger charge is -2.16. The number of benzene rings is 1. The Morgan fingerprint density at radius 1 is 1.29 bits per heavy atom. The average molecular weight is 290 g/mol. The quantitative estimate of drug-likeness (QED) is 0.890. The van der Waals surface area contributed by atoms with Gasteiger partial charge in [-0.2, -0.15) is 0 Å². The number of aryl methyl sites for hydroxylation is 2. The second-order valence-corrected chi connectivity index (χ2v) is 5.75. The van der Waals surface area contributed by atoms with Crippen LogP contribution < -0.4 is 5.32 Å². The highest BCUT2D eigenvalue weighted by atomic mass is 16.4. The van der Waals surface area contributed by atoms with Crippen LogP contribution in [0, 0.1) is 19.8 Å². The van der Waals surface area contributed by atoms with E-state index in [1.54, 1.807) is 4.90 Å². The minimum absolute atomic E-state index is 0.164. The largest absolute Gasteiger partial charge is 0.481 e. The van der Waals surface area contributed by atoms with Gasteiger partial charge in [0.2, 0.25) is 0 Å². The van der Waals surface area contributed by atoms with E-state index >= 15 is 0 Å². The lowest BCUT2D eigenvalue weighted by molar-refractivity contribution is -0.141. The van der Waals surface area contributed by atoms with E-state index in [4.69, 9.17) is 5.11 Å². The van der Waals surface area contributed by atoms with Gasteiger partial charge in [-0.25, -0.2) is 4.79 Å². The molecule has 1 unspecified atom stereocenters. The summed E-state index contributed by atoms with van der Waals surface area (Å²) in [5, 5.41) is 11.8. The van der Waals surface area contributed by atoms with Gasteiger partial charge in [0.05, 0.1) is 5.92 Å². The van der Waals surface area contributed by atoms with Gasteiger partial charge in [-0.05, 0) is 32.3 Å². The van der Waals surface area contributed by atoms with Gasteiger partial charge in [0.15, 0.2) is 0 Å². The summed E-state index contributed by atoms with van der Waals surface area (Å²) < 4.78 is 0. The van der Waals surface area contributed by atoms with Gasteiger partial charge < -0.3 is 15.3 Å². The van der Waals surface area contributed by atoms with E-state index in [0.29, 0.717) is 26.1 Å². The van der Waals surface area contributed by atoms with Crippen LogP contribution in [-0.2, 0) is 11.2 Å². The lowest BCUT2D eigenvalue weighted by atomic mass is 10.1. The number of carboxylic acids is 1. The Kier molecular flexibility index (Phi) is 4.83. The highest BCUT2D eigenvalue weighted by molar-refractivity contribution is 5.77. The fourth-order valence-corrected chi connectivity index (χ4v) is 2.79. The highest BCUT2D eigenvalue weighted by Crippen LogP contribution is 2.16. The van der Waals surface area contributed by atoms with Crippen LogP contribution in [0.5, 0.6) is 0 Å². The predicted octanol–water partition coefficient (Wildman–Crippen LogP) is 1.96. The van der Waals surface area contributed by atoms with Crippen LogP contribution in [0.4, 0.5) is 4.79 Å². The molecule has 5 nitrogen and oxygen atoms in total. The van der Waals surface area contributed by atoms with Crippen molar-refractivity contribution in [1.29, 1.82) is 0 Å². The number of carboxylic acid groups (broad SMARTS) is 1. The van der Waals surface area contributed by atoms with E-state index in [1.165, 1.54) is 16.7 Å². The van der Waals surface area contributed by atoms with Crippen LogP contribution in [0.15, 0.2) is 18.2 Å². The molecule has 1 atom stereocenters. The third kappa shape index (κ3) is 4.21. The third-order valence-corrected chi connectivity index (χ3v) is 3.80. The van der Waals surface area contributed by atoms with Crippen molar-refractivity contribution in [2.75, 3.05) is 19.6 Å². The van der Waals surface area contributed by atoms with E-state index in [1.807, 2.05) is 0 Å². The molecule has 1 aromatic rings. The lowest BCUT2D eigenvalue weighted by Crippen LogP contribution is -2.39. The number of hydrogen-bond acceptors (Lipinski definition) is 2. The van der Waals surface area contributed by atoms with Crippen molar-refractivity contribution in [2.24, 2.45) is 5.92 Å². The number of carbonyl (C=O) groups is 2. The van der Waals surface area contributed by atoms with Crippen LogP contribution in [0.2, 0.25) is 0 Å². The zero-order valence-corrected chi connectivity index (χ0v) is 12.6. The third-order valence-electron chi connectivity index (χ3n) is 3.80. The molecular weight excluding hydrogens is 268 g/mol. The second-order valence-electron chi connectivity index (χ2n) is 5.75. The molecule has 0 spiro atoms. The number of hydrogen-bond donors (Lipinski definition) is 2. The molecule has 21 heavy (non-hydrogen) atoms. The Morgan fingerprint density at radius 3 is 2.52 bits per heavy atom. The SMILES string of the molecule is Cc1cc(C)cc(CCNC(=O)N2CCC(C(=O)O)C2)c1. The van der Waals surface area contributed by atoms with E-state index < -0.39 is 11.9 Å². The van der Waals surface area contributed by atoms with Crippen molar-refractivity contribution >= 4 is 12.0 Å². The number of urea groups is 1. The fraction of sp³-hybridized carbons (Fsp3) is 0.500. The van der Waals surface area contributed by atoms with Crippen molar-refractivity contribution in [3.8, 4) is 0 Å². The summed E-state index contributed by atoms with van der Waals surface area (Å²) in [5.41, 5.74) is 3.65. The van der Waals surface area contributed by atoms with Crippen LogP contribution in [0.3, 0.4) is 0 Å². The first-order valence-corrected chi connectivity index (χ1v) is 7.28. The van der Waals surface area contributed by atoms with Crippen LogP contribution in [0.25, 0.3) is 0 Å². The topological polar surface area (TPSA) is 69.6 Å². The molecule has 1 aliphatic rings. The van der Waals surface area contributed by atoms with Crippen molar-refractivity contribution in [3.05, 3.63) is 34.9 Å². The van der Waals surface area contributed by atoms with E-state index in [9.17, 15) is 9.59 Å². The highest BCUT2D eigenvalue weighted by Gasteiger charge is 2.30. The molecular formula is C16H22N2O3. The molecule has 0 aliphatic carbocycles. The van der Waals surface area contributed by atoms with E-state index in [0.717, 1.165) is 6.42 Å². The monoisotopic (exact) mass is 290 g/mol. The predicted molar refractivity (Wildman–Crippen MR) is 80.3 cm³/mol. The Balaban J connectivity index is 1.78. The molecule has 1 saturated heterocycles. The van der Waals surface area contributed by atoms with Gasteiger partial charge in [0.25, 0.3) is 0 Å². The Bertz CT molecular complexity index is 522. The van der Waals surface area contributed by atoms with Gasteiger partial charge in [-0.1, -0.05) is 29.3 Å². The van der Waals surface area contributed by atoms with Crippen molar-refractivity contribution in [1.82, 2.24) is 10.2 Å². The molecule has 0 bridgehead atoms. The van der Waals surface area contributed by atoms with Gasteiger partial charge in [-0.15, -0.1) is 0 Å². The summed E-state index contributed by atoms with van der Waals surface area (Å²) in [6, 6.07) is 6.20. The molecule has 5 heteroatoms. The molecule has 1 fully saturated rings. The molecule has 2 N–H and O–H groups in total. The maximum absolute atomic E-state index is 12.0. The number of likely N-dealkylation sites (tertiary alicyclic amines) is 1. The minimum atomic E-state index is -0.819. The molecule has 1 aliphatic heterocycles. The smallest absolute Gasteiger partial charge is 0.317 e. The first-order valence-electron chi connectivity index (χ1n) is 7.28. The van der Waals surface area contributed by atoms with Gasteiger partial charge >= 0.3 is 12.0 Å². The van der Waals surface area contributed by atoms with Crippen LogP contribution in [-0.4, -0.2) is 41.6 Å². The average Bonchev–Trinajstić information content (AvgIpc) is 2.87. The van der Waals surface area contributed by atoms with Crippen LogP contribution in [0.1, 0.15) is 23.1 Å². The number of aliphatic carboxylic acids is 1. The van der Waals surface area contributed by atoms with E-state index in [2.05, 4.69) is 37.4 Å². The summed E-state index contributed by atoms with van der Waals surface area (Å²) in [7, 11) is 0. The Hall–Kier alpha value is -2.04. The van der Waals surface area contributed by atoms with Crippen molar-refractivity contribution < 1.29 is 14.7 Å². The van der Waals surface area contributed by atoms with Gasteiger partial charge in [-0.3, -0.25) is 4.79 Å². The Morgan fingerprint density at radius 2 is 1.95 bits per heavy atom. The van der Waals surface area contributed by atoms with E-state index in [-0.39, 0.29) is 6.03 Å². The molecule has 0 saturated carbocycles. The maximum Gasteiger partial charge on any atom is 0.317 e. The zero-order valence-electron chi connectivity index (χ0n) is 12.6. The molecule has 0 radical (unpaired) electrons. The number of nitrogens with one attached hydrogen (secondary N) is 1.